The van der Waals surface area contributed by atoms with Crippen LogP contribution < -0.4 is 4.90 Å². The molecule has 0 saturated carbocycles. The lowest BCUT2D eigenvalue weighted by atomic mass is 10.0. The fraction of sp³-hybridized carbons (Fsp3) is 0.263. The Bertz CT molecular complexity index is 805. The quantitative estimate of drug-likeness (QED) is 0.502. The monoisotopic (exact) mass is 339 g/mol. The third-order valence-electron chi connectivity index (χ3n) is 4.21. The molecule has 0 radical (unpaired) electrons. The van der Waals surface area contributed by atoms with Gasteiger partial charge in [0, 0.05) is 17.7 Å². The molecule has 1 atom stereocenters. The summed E-state index contributed by atoms with van der Waals surface area (Å²) in [7, 11) is 0. The topological polar surface area (TPSA) is 77.0 Å². The highest BCUT2D eigenvalue weighted by Crippen LogP contribution is 2.27. The first-order valence-corrected chi connectivity index (χ1v) is 8.11. The molecule has 1 heterocycles. The van der Waals surface area contributed by atoms with Crippen molar-refractivity contribution in [3.63, 3.8) is 0 Å². The number of hydrogen-bond acceptors (Lipinski definition) is 4. The highest BCUT2D eigenvalue weighted by molar-refractivity contribution is 5.47. The first-order chi connectivity index (χ1) is 12.1. The van der Waals surface area contributed by atoms with E-state index in [1.807, 2.05) is 30.3 Å². The lowest BCUT2D eigenvalue weighted by Gasteiger charge is -2.29. The molecule has 3 rings (SSSR count). The number of phenolic OH excluding ortho intramolecular Hbond substituents is 1. The molecule has 2 N–H and O–H groups in total. The molecule has 1 aliphatic heterocycles. The number of nitrogens with zero attached hydrogens (tertiary/aromatic N) is 1. The molecule has 1 unspecified atom stereocenters. The van der Waals surface area contributed by atoms with Crippen LogP contribution in [-0.2, 0) is 4.74 Å². The molecule has 2 aromatic carbocycles. The first kappa shape index (κ1) is 17.0. The summed E-state index contributed by atoms with van der Waals surface area (Å²) in [6, 6.07) is 13.3. The minimum Gasteiger partial charge on any atom is -0.507 e. The van der Waals surface area contributed by atoms with Crippen molar-refractivity contribution in [1.29, 1.82) is 0 Å². The number of nitro benzene ring substituents is 1. The lowest BCUT2D eigenvalue weighted by molar-refractivity contribution is -0.930. The van der Waals surface area contributed by atoms with E-state index in [1.54, 1.807) is 0 Å². The van der Waals surface area contributed by atoms with Crippen molar-refractivity contribution in [2.45, 2.75) is 6.04 Å². The molecule has 1 saturated heterocycles. The Balaban J connectivity index is 2.01. The van der Waals surface area contributed by atoms with Crippen molar-refractivity contribution >= 4 is 5.69 Å². The number of benzene rings is 2. The van der Waals surface area contributed by atoms with Gasteiger partial charge in [-0.2, -0.15) is 0 Å². The number of hydrogen-bond donors (Lipinski definition) is 2. The Morgan fingerprint density at radius 3 is 2.56 bits per heavy atom. The van der Waals surface area contributed by atoms with E-state index in [1.165, 1.54) is 18.2 Å². The lowest BCUT2D eigenvalue weighted by Crippen LogP contribution is -3.14. The molecule has 6 nitrogen and oxygen atoms in total. The molecule has 2 aromatic rings. The van der Waals surface area contributed by atoms with Gasteiger partial charge in [-0.1, -0.05) is 24.1 Å². The van der Waals surface area contributed by atoms with Crippen LogP contribution in [0.5, 0.6) is 5.75 Å². The first-order valence-electron chi connectivity index (χ1n) is 8.11. The van der Waals surface area contributed by atoms with Crippen LogP contribution >= 0.6 is 0 Å². The molecule has 0 aliphatic carbocycles. The number of quaternary nitrogens is 1. The van der Waals surface area contributed by atoms with Gasteiger partial charge in [0.25, 0.3) is 5.69 Å². The van der Waals surface area contributed by atoms with Gasteiger partial charge in [-0.3, -0.25) is 10.1 Å². The van der Waals surface area contributed by atoms with E-state index < -0.39 is 4.92 Å². The Morgan fingerprint density at radius 1 is 1.16 bits per heavy atom. The van der Waals surface area contributed by atoms with Crippen LogP contribution in [0.3, 0.4) is 0 Å². The van der Waals surface area contributed by atoms with Gasteiger partial charge < -0.3 is 14.7 Å². The van der Waals surface area contributed by atoms with Gasteiger partial charge in [0.05, 0.1) is 23.7 Å². The van der Waals surface area contributed by atoms with E-state index in [9.17, 15) is 15.2 Å². The van der Waals surface area contributed by atoms with Gasteiger partial charge in [-0.15, -0.1) is 0 Å². The molecule has 1 fully saturated rings. The summed E-state index contributed by atoms with van der Waals surface area (Å²) in [6.07, 6.45) is 0. The zero-order valence-electron chi connectivity index (χ0n) is 13.6. The summed E-state index contributed by atoms with van der Waals surface area (Å²) in [5, 5.41) is 21.4. The third kappa shape index (κ3) is 4.15. The normalized spacial score (nSPS) is 15.8. The second-order valence-corrected chi connectivity index (χ2v) is 5.84. The molecule has 0 spiro atoms. The third-order valence-corrected chi connectivity index (χ3v) is 4.21. The van der Waals surface area contributed by atoms with Crippen molar-refractivity contribution in [3.8, 4) is 17.6 Å². The van der Waals surface area contributed by atoms with Gasteiger partial charge in [0.2, 0.25) is 0 Å². The zero-order valence-corrected chi connectivity index (χ0v) is 13.6. The van der Waals surface area contributed by atoms with Gasteiger partial charge in [0.15, 0.2) is 6.04 Å². The molecule has 25 heavy (non-hydrogen) atoms. The molecule has 128 valence electrons. The zero-order chi connectivity index (χ0) is 17.6. The Labute approximate surface area is 145 Å². The number of morpholine rings is 1. The van der Waals surface area contributed by atoms with Crippen molar-refractivity contribution in [3.05, 3.63) is 69.8 Å². The highest BCUT2D eigenvalue weighted by Gasteiger charge is 2.28. The van der Waals surface area contributed by atoms with Gasteiger partial charge >= 0.3 is 0 Å². The van der Waals surface area contributed by atoms with Crippen LogP contribution in [-0.4, -0.2) is 36.3 Å². The standard InChI is InChI=1S/C19H18N2O4/c22-19-9-7-16(21(23)24)14-17(19)18(20-10-12-25-13-11-20)8-6-15-4-2-1-3-5-15/h1-5,7,9,14,18,22H,10-13H2/p+1. The van der Waals surface area contributed by atoms with Crippen LogP contribution in [0.1, 0.15) is 17.2 Å². The van der Waals surface area contributed by atoms with E-state index in [-0.39, 0.29) is 17.5 Å². The van der Waals surface area contributed by atoms with Crippen molar-refractivity contribution in [2.75, 3.05) is 26.3 Å². The average Bonchev–Trinajstić information content (AvgIpc) is 2.65. The molecule has 0 amide bonds. The van der Waals surface area contributed by atoms with Crippen LogP contribution in [0, 0.1) is 22.0 Å². The van der Waals surface area contributed by atoms with Crippen LogP contribution in [0.2, 0.25) is 0 Å². The molecule has 6 heteroatoms. The molecule has 0 aromatic heterocycles. The smallest absolute Gasteiger partial charge is 0.270 e. The Kier molecular flexibility index (Phi) is 5.29. The predicted molar refractivity (Wildman–Crippen MR) is 92.3 cm³/mol. The summed E-state index contributed by atoms with van der Waals surface area (Å²) in [5.41, 5.74) is 1.30. The summed E-state index contributed by atoms with van der Waals surface area (Å²) in [6.45, 7) is 2.68. The number of rotatable bonds is 3. The van der Waals surface area contributed by atoms with Gasteiger partial charge in [-0.25, -0.2) is 0 Å². The number of nitrogens with one attached hydrogen (secondary N) is 1. The van der Waals surface area contributed by atoms with E-state index >= 15 is 0 Å². The van der Waals surface area contributed by atoms with Crippen LogP contribution in [0.25, 0.3) is 0 Å². The summed E-state index contributed by atoms with van der Waals surface area (Å²) >= 11 is 0. The van der Waals surface area contributed by atoms with Crippen LogP contribution in [0.15, 0.2) is 48.5 Å². The van der Waals surface area contributed by atoms with Crippen molar-refractivity contribution in [2.24, 2.45) is 0 Å². The van der Waals surface area contributed by atoms with E-state index in [4.69, 9.17) is 4.74 Å². The maximum atomic E-state index is 11.1. The Morgan fingerprint density at radius 2 is 1.88 bits per heavy atom. The van der Waals surface area contributed by atoms with Gasteiger partial charge in [-0.05, 0) is 24.1 Å². The second kappa shape index (κ2) is 7.79. The van der Waals surface area contributed by atoms with Crippen LogP contribution in [0.4, 0.5) is 5.69 Å². The Hall–Kier alpha value is -2.88. The van der Waals surface area contributed by atoms with Crippen molar-refractivity contribution < 1.29 is 19.7 Å². The van der Waals surface area contributed by atoms with E-state index in [0.717, 1.165) is 23.6 Å². The minimum absolute atomic E-state index is 0.0250. The number of non-ortho nitro benzene ring substituents is 1. The largest absolute Gasteiger partial charge is 0.507 e. The number of phenols is 1. The minimum atomic E-state index is -0.459. The molecular formula is C19H19N2O4+. The predicted octanol–water partition coefficient (Wildman–Crippen LogP) is 1.31. The fourth-order valence-corrected chi connectivity index (χ4v) is 2.89. The average molecular weight is 339 g/mol. The van der Waals surface area contributed by atoms with Crippen molar-refractivity contribution in [1.82, 2.24) is 0 Å². The highest BCUT2D eigenvalue weighted by atomic mass is 16.6. The number of ether oxygens (including phenoxy) is 1. The van der Waals surface area contributed by atoms with Gasteiger partial charge in [0.1, 0.15) is 18.8 Å². The summed E-state index contributed by atoms with van der Waals surface area (Å²) in [4.78, 5) is 11.8. The molecular weight excluding hydrogens is 320 g/mol. The fourth-order valence-electron chi connectivity index (χ4n) is 2.89. The second-order valence-electron chi connectivity index (χ2n) is 5.84. The molecule has 1 aliphatic rings. The number of aromatic hydroxyl groups is 1. The summed E-state index contributed by atoms with van der Waals surface area (Å²) < 4.78 is 5.40. The summed E-state index contributed by atoms with van der Waals surface area (Å²) in [5.74, 6) is 6.35. The maximum absolute atomic E-state index is 11.1. The number of nitro groups is 1. The molecule has 0 bridgehead atoms. The SMILES string of the molecule is O=[N+]([O-])c1ccc(O)c(C(C#Cc2ccccc2)[NH+]2CCOCC2)c1. The van der Waals surface area contributed by atoms with E-state index in [2.05, 4.69) is 11.8 Å². The van der Waals surface area contributed by atoms with E-state index in [0.29, 0.717) is 18.8 Å². The maximum Gasteiger partial charge on any atom is 0.270 e.